The average Bonchev–Trinajstić information content (AvgIpc) is 2.67. The van der Waals surface area contributed by atoms with E-state index in [-0.39, 0.29) is 5.91 Å². The first kappa shape index (κ1) is 21.6. The number of carbonyl (C=O) groups is 1. The van der Waals surface area contributed by atoms with E-state index in [1.807, 2.05) is 24.3 Å². The van der Waals surface area contributed by atoms with Crippen molar-refractivity contribution in [2.75, 3.05) is 31.8 Å². The minimum absolute atomic E-state index is 0.159. The molecule has 0 saturated carbocycles. The number of amides is 1. The highest BCUT2D eigenvalue weighted by Gasteiger charge is 2.20. The molecular formula is C20H26N2O5S. The van der Waals surface area contributed by atoms with E-state index in [0.717, 1.165) is 17.6 Å². The van der Waals surface area contributed by atoms with E-state index in [1.54, 1.807) is 50.2 Å². The predicted molar refractivity (Wildman–Crippen MR) is 109 cm³/mol. The lowest BCUT2D eigenvalue weighted by Crippen LogP contribution is -2.37. The molecule has 0 bridgehead atoms. The summed E-state index contributed by atoms with van der Waals surface area (Å²) in [6.45, 7) is 2.14. The molecule has 0 unspecified atom stereocenters. The summed E-state index contributed by atoms with van der Waals surface area (Å²) in [6, 6.07) is 14.1. The SMILES string of the molecule is COc1ccc(CN(C)C(=O)[C@@H](C)Oc2ccc(N(C)S(C)(=O)=O)cc2)cc1. The van der Waals surface area contributed by atoms with E-state index < -0.39 is 16.1 Å². The van der Waals surface area contributed by atoms with Crippen molar-refractivity contribution in [1.82, 2.24) is 4.90 Å². The summed E-state index contributed by atoms with van der Waals surface area (Å²) < 4.78 is 35.2. The summed E-state index contributed by atoms with van der Waals surface area (Å²) in [6.07, 6.45) is 0.457. The van der Waals surface area contributed by atoms with Crippen molar-refractivity contribution in [3.63, 3.8) is 0 Å². The van der Waals surface area contributed by atoms with Crippen LogP contribution >= 0.6 is 0 Å². The number of nitrogens with zero attached hydrogens (tertiary/aromatic N) is 2. The summed E-state index contributed by atoms with van der Waals surface area (Å²) >= 11 is 0. The van der Waals surface area contributed by atoms with Crippen LogP contribution in [-0.2, 0) is 21.4 Å². The van der Waals surface area contributed by atoms with Crippen LogP contribution in [0.1, 0.15) is 12.5 Å². The van der Waals surface area contributed by atoms with Gasteiger partial charge in [0.05, 0.1) is 19.1 Å². The zero-order valence-corrected chi connectivity index (χ0v) is 17.6. The minimum Gasteiger partial charge on any atom is -0.497 e. The van der Waals surface area contributed by atoms with Gasteiger partial charge in [-0.25, -0.2) is 8.42 Å². The smallest absolute Gasteiger partial charge is 0.263 e. The lowest BCUT2D eigenvalue weighted by Gasteiger charge is -2.23. The largest absolute Gasteiger partial charge is 0.497 e. The van der Waals surface area contributed by atoms with E-state index in [1.165, 1.54) is 11.4 Å². The number of hydrogen-bond donors (Lipinski definition) is 0. The molecule has 2 aromatic rings. The fraction of sp³-hybridized carbons (Fsp3) is 0.350. The van der Waals surface area contributed by atoms with Crippen LogP contribution in [0.2, 0.25) is 0 Å². The average molecular weight is 407 g/mol. The van der Waals surface area contributed by atoms with Gasteiger partial charge >= 0.3 is 0 Å². The van der Waals surface area contributed by atoms with Crippen molar-refractivity contribution in [3.05, 3.63) is 54.1 Å². The molecule has 1 atom stereocenters. The summed E-state index contributed by atoms with van der Waals surface area (Å²) in [5, 5.41) is 0. The molecule has 0 heterocycles. The molecule has 152 valence electrons. The predicted octanol–water partition coefficient (Wildman–Crippen LogP) is 2.52. The highest BCUT2D eigenvalue weighted by Crippen LogP contribution is 2.21. The first-order valence-corrected chi connectivity index (χ1v) is 10.5. The van der Waals surface area contributed by atoms with Crippen LogP contribution in [0.15, 0.2) is 48.5 Å². The molecule has 1 amide bonds. The van der Waals surface area contributed by atoms with Crippen LogP contribution in [0.5, 0.6) is 11.5 Å². The Labute approximate surface area is 166 Å². The molecule has 7 nitrogen and oxygen atoms in total. The number of carbonyl (C=O) groups excluding carboxylic acids is 1. The second-order valence-corrected chi connectivity index (χ2v) is 8.54. The van der Waals surface area contributed by atoms with Gasteiger partial charge in [-0.05, 0) is 48.9 Å². The minimum atomic E-state index is -3.33. The second-order valence-electron chi connectivity index (χ2n) is 6.53. The number of likely N-dealkylation sites (N-methyl/N-ethyl adjacent to an activating group) is 1. The van der Waals surface area contributed by atoms with Crippen molar-refractivity contribution >= 4 is 21.6 Å². The van der Waals surface area contributed by atoms with E-state index in [0.29, 0.717) is 18.0 Å². The van der Waals surface area contributed by atoms with Crippen molar-refractivity contribution in [3.8, 4) is 11.5 Å². The Hall–Kier alpha value is -2.74. The van der Waals surface area contributed by atoms with Gasteiger partial charge in [-0.3, -0.25) is 9.10 Å². The Bertz CT molecular complexity index is 895. The molecule has 28 heavy (non-hydrogen) atoms. The van der Waals surface area contributed by atoms with Crippen LogP contribution in [0.25, 0.3) is 0 Å². The van der Waals surface area contributed by atoms with Gasteiger partial charge in [0.2, 0.25) is 10.0 Å². The molecular weight excluding hydrogens is 380 g/mol. The first-order chi connectivity index (χ1) is 13.1. The van der Waals surface area contributed by atoms with Crippen LogP contribution in [-0.4, -0.2) is 52.8 Å². The highest BCUT2D eigenvalue weighted by molar-refractivity contribution is 7.92. The number of ether oxygens (including phenoxy) is 2. The Morgan fingerprint density at radius 2 is 1.54 bits per heavy atom. The molecule has 0 aliphatic heterocycles. The number of methoxy groups -OCH3 is 1. The third kappa shape index (κ3) is 5.63. The molecule has 2 aromatic carbocycles. The van der Waals surface area contributed by atoms with Gasteiger partial charge in [0, 0.05) is 20.6 Å². The fourth-order valence-corrected chi connectivity index (χ4v) is 3.08. The Morgan fingerprint density at radius 1 is 1.00 bits per heavy atom. The molecule has 0 N–H and O–H groups in total. The van der Waals surface area contributed by atoms with Crippen molar-refractivity contribution in [1.29, 1.82) is 0 Å². The van der Waals surface area contributed by atoms with E-state index in [9.17, 15) is 13.2 Å². The zero-order valence-electron chi connectivity index (χ0n) is 16.7. The lowest BCUT2D eigenvalue weighted by atomic mass is 10.2. The molecule has 0 aliphatic carbocycles. The van der Waals surface area contributed by atoms with Crippen LogP contribution in [0, 0.1) is 0 Å². The molecule has 0 fully saturated rings. The Balaban J connectivity index is 1.97. The van der Waals surface area contributed by atoms with Gasteiger partial charge in [-0.2, -0.15) is 0 Å². The molecule has 8 heteroatoms. The second kappa shape index (κ2) is 8.97. The normalized spacial score (nSPS) is 12.2. The Morgan fingerprint density at radius 3 is 2.04 bits per heavy atom. The van der Waals surface area contributed by atoms with Crippen LogP contribution in [0.4, 0.5) is 5.69 Å². The number of hydrogen-bond acceptors (Lipinski definition) is 5. The fourth-order valence-electron chi connectivity index (χ4n) is 2.57. The van der Waals surface area contributed by atoms with Crippen molar-refractivity contribution in [2.24, 2.45) is 0 Å². The third-order valence-electron chi connectivity index (χ3n) is 4.31. The van der Waals surface area contributed by atoms with E-state index >= 15 is 0 Å². The molecule has 2 rings (SSSR count). The van der Waals surface area contributed by atoms with Crippen molar-refractivity contribution in [2.45, 2.75) is 19.6 Å². The standard InChI is InChI=1S/C20H26N2O5S/c1-15(20(23)21(2)14-16-6-10-18(26-4)11-7-16)27-19-12-8-17(9-13-19)22(3)28(5,24)25/h6-13,15H,14H2,1-5H3/t15-/m1/s1. The zero-order chi connectivity index (χ0) is 20.9. The van der Waals surface area contributed by atoms with Gasteiger partial charge < -0.3 is 14.4 Å². The maximum absolute atomic E-state index is 12.6. The summed E-state index contributed by atoms with van der Waals surface area (Å²) in [5.41, 5.74) is 1.50. The summed E-state index contributed by atoms with van der Waals surface area (Å²) in [4.78, 5) is 14.2. The van der Waals surface area contributed by atoms with Gasteiger partial charge in [0.25, 0.3) is 5.91 Å². The van der Waals surface area contributed by atoms with Gasteiger partial charge in [-0.1, -0.05) is 12.1 Å². The molecule has 0 aliphatic rings. The number of rotatable bonds is 8. The molecule has 0 spiro atoms. The molecule has 0 saturated heterocycles. The molecule has 0 aromatic heterocycles. The number of benzene rings is 2. The first-order valence-electron chi connectivity index (χ1n) is 8.70. The van der Waals surface area contributed by atoms with Crippen molar-refractivity contribution < 1.29 is 22.7 Å². The van der Waals surface area contributed by atoms with Gasteiger partial charge in [-0.15, -0.1) is 0 Å². The summed E-state index contributed by atoms with van der Waals surface area (Å²) in [5.74, 6) is 1.09. The monoisotopic (exact) mass is 406 g/mol. The Kier molecular flexibility index (Phi) is 6.90. The van der Waals surface area contributed by atoms with E-state index in [4.69, 9.17) is 9.47 Å². The quantitative estimate of drug-likeness (QED) is 0.673. The van der Waals surface area contributed by atoms with E-state index in [2.05, 4.69) is 0 Å². The maximum atomic E-state index is 12.6. The number of anilines is 1. The third-order valence-corrected chi connectivity index (χ3v) is 5.52. The number of sulfonamides is 1. The van der Waals surface area contributed by atoms with Gasteiger partial charge in [0.1, 0.15) is 11.5 Å². The maximum Gasteiger partial charge on any atom is 0.263 e. The van der Waals surface area contributed by atoms with Gasteiger partial charge in [0.15, 0.2) is 6.10 Å². The molecule has 0 radical (unpaired) electrons. The van der Waals surface area contributed by atoms with Crippen LogP contribution in [0.3, 0.4) is 0 Å². The van der Waals surface area contributed by atoms with Crippen LogP contribution < -0.4 is 13.8 Å². The topological polar surface area (TPSA) is 76.2 Å². The summed E-state index contributed by atoms with van der Waals surface area (Å²) in [7, 11) is 1.48. The highest BCUT2D eigenvalue weighted by atomic mass is 32.2. The lowest BCUT2D eigenvalue weighted by molar-refractivity contribution is -0.137.